The summed E-state index contributed by atoms with van der Waals surface area (Å²) in [6, 6.07) is 0. The third kappa shape index (κ3) is 13.3. The molecular formula is C13H25ClN2O3. The predicted molar refractivity (Wildman–Crippen MR) is 76.4 cm³/mol. The zero-order valence-electron chi connectivity index (χ0n) is 12.1. The number of ether oxygens (including phenoxy) is 1. The van der Waals surface area contributed by atoms with E-state index in [-0.39, 0.29) is 5.91 Å². The molecule has 112 valence electrons. The van der Waals surface area contributed by atoms with E-state index in [0.29, 0.717) is 25.4 Å². The van der Waals surface area contributed by atoms with Gasteiger partial charge in [-0.3, -0.25) is 4.79 Å². The molecule has 0 rings (SSSR count). The van der Waals surface area contributed by atoms with E-state index in [4.69, 9.17) is 16.3 Å². The van der Waals surface area contributed by atoms with Crippen molar-refractivity contribution in [3.8, 4) is 0 Å². The monoisotopic (exact) mass is 292 g/mol. The van der Waals surface area contributed by atoms with Crippen LogP contribution < -0.4 is 10.6 Å². The Hall–Kier alpha value is -0.970. The van der Waals surface area contributed by atoms with Gasteiger partial charge in [0.15, 0.2) is 0 Å². The van der Waals surface area contributed by atoms with E-state index in [2.05, 4.69) is 10.6 Å². The van der Waals surface area contributed by atoms with Gasteiger partial charge in [0.25, 0.3) is 0 Å². The summed E-state index contributed by atoms with van der Waals surface area (Å²) >= 11 is 5.46. The number of carbonyl (C=O) groups excluding carboxylic acids is 2. The minimum atomic E-state index is -0.468. The number of amides is 2. The molecule has 0 bridgehead atoms. The highest BCUT2D eigenvalue weighted by Gasteiger charge is 2.15. The Morgan fingerprint density at radius 1 is 1.05 bits per heavy atom. The van der Waals surface area contributed by atoms with Crippen LogP contribution in [0, 0.1) is 0 Å². The van der Waals surface area contributed by atoms with Crippen LogP contribution in [-0.4, -0.2) is 36.6 Å². The SMILES string of the molecule is CC(C)(C)OC(=O)NCCCCCC(=O)NCCCl. The van der Waals surface area contributed by atoms with Crippen LogP contribution in [0.2, 0.25) is 0 Å². The molecule has 0 aliphatic heterocycles. The van der Waals surface area contributed by atoms with Gasteiger partial charge >= 0.3 is 6.09 Å². The van der Waals surface area contributed by atoms with Crippen LogP contribution in [0.1, 0.15) is 46.5 Å². The summed E-state index contributed by atoms with van der Waals surface area (Å²) in [4.78, 5) is 22.5. The summed E-state index contributed by atoms with van der Waals surface area (Å²) < 4.78 is 5.10. The second-order valence-electron chi connectivity index (χ2n) is 5.28. The molecule has 0 spiro atoms. The fourth-order valence-corrected chi connectivity index (χ4v) is 1.46. The maximum Gasteiger partial charge on any atom is 0.407 e. The van der Waals surface area contributed by atoms with Gasteiger partial charge < -0.3 is 15.4 Å². The molecule has 0 aliphatic rings. The van der Waals surface area contributed by atoms with E-state index in [1.807, 2.05) is 20.8 Å². The van der Waals surface area contributed by atoms with Gasteiger partial charge in [-0.15, -0.1) is 11.6 Å². The first-order chi connectivity index (χ1) is 8.85. The van der Waals surface area contributed by atoms with E-state index in [9.17, 15) is 9.59 Å². The first-order valence-electron chi connectivity index (χ1n) is 6.64. The van der Waals surface area contributed by atoms with Gasteiger partial charge in [0.2, 0.25) is 5.91 Å². The van der Waals surface area contributed by atoms with Crippen LogP contribution >= 0.6 is 11.6 Å². The lowest BCUT2D eigenvalue weighted by atomic mass is 10.2. The minimum absolute atomic E-state index is 0.0285. The van der Waals surface area contributed by atoms with Crippen molar-refractivity contribution >= 4 is 23.6 Å². The Bertz CT molecular complexity index is 278. The van der Waals surface area contributed by atoms with Crippen molar-refractivity contribution in [3.05, 3.63) is 0 Å². The van der Waals surface area contributed by atoms with Crippen LogP contribution in [0.4, 0.5) is 4.79 Å². The van der Waals surface area contributed by atoms with E-state index in [1.54, 1.807) is 0 Å². The first kappa shape index (κ1) is 18.0. The molecule has 0 saturated carbocycles. The Morgan fingerprint density at radius 3 is 2.32 bits per heavy atom. The topological polar surface area (TPSA) is 67.4 Å². The quantitative estimate of drug-likeness (QED) is 0.533. The second-order valence-corrected chi connectivity index (χ2v) is 5.66. The fraction of sp³-hybridized carbons (Fsp3) is 0.846. The van der Waals surface area contributed by atoms with E-state index in [1.165, 1.54) is 0 Å². The van der Waals surface area contributed by atoms with Crippen molar-refractivity contribution in [1.82, 2.24) is 10.6 Å². The van der Waals surface area contributed by atoms with E-state index in [0.717, 1.165) is 19.3 Å². The minimum Gasteiger partial charge on any atom is -0.444 e. The number of unbranched alkanes of at least 4 members (excludes halogenated alkanes) is 2. The smallest absolute Gasteiger partial charge is 0.407 e. The van der Waals surface area contributed by atoms with Gasteiger partial charge in [0.1, 0.15) is 5.60 Å². The Labute approximate surface area is 120 Å². The highest BCUT2D eigenvalue weighted by molar-refractivity contribution is 6.18. The molecule has 19 heavy (non-hydrogen) atoms. The molecular weight excluding hydrogens is 268 g/mol. The number of hydrogen-bond acceptors (Lipinski definition) is 3. The summed E-state index contributed by atoms with van der Waals surface area (Å²) in [5.41, 5.74) is -0.468. The third-order valence-corrected chi connectivity index (χ3v) is 2.35. The van der Waals surface area contributed by atoms with Crippen molar-refractivity contribution < 1.29 is 14.3 Å². The van der Waals surface area contributed by atoms with Gasteiger partial charge in [-0.2, -0.15) is 0 Å². The summed E-state index contributed by atoms with van der Waals surface area (Å²) in [6.45, 7) is 6.56. The largest absolute Gasteiger partial charge is 0.444 e. The highest BCUT2D eigenvalue weighted by atomic mass is 35.5. The summed E-state index contributed by atoms with van der Waals surface area (Å²) in [6.07, 6.45) is 2.65. The molecule has 0 saturated heterocycles. The average Bonchev–Trinajstić information content (AvgIpc) is 2.28. The van der Waals surface area contributed by atoms with E-state index < -0.39 is 11.7 Å². The molecule has 0 aromatic carbocycles. The Kier molecular flexibility index (Phi) is 9.39. The van der Waals surface area contributed by atoms with Crippen LogP contribution in [0.15, 0.2) is 0 Å². The molecule has 6 heteroatoms. The van der Waals surface area contributed by atoms with Crippen LogP contribution in [0.3, 0.4) is 0 Å². The normalized spacial score (nSPS) is 10.9. The van der Waals surface area contributed by atoms with Gasteiger partial charge in [-0.25, -0.2) is 4.79 Å². The molecule has 0 heterocycles. The number of hydrogen-bond donors (Lipinski definition) is 2. The lowest BCUT2D eigenvalue weighted by Gasteiger charge is -2.19. The zero-order chi connectivity index (χ0) is 14.7. The van der Waals surface area contributed by atoms with Crippen molar-refractivity contribution in [3.63, 3.8) is 0 Å². The summed E-state index contributed by atoms with van der Waals surface area (Å²) in [5, 5.41) is 5.39. The number of nitrogens with one attached hydrogen (secondary N) is 2. The maximum atomic E-state index is 11.3. The van der Waals surface area contributed by atoms with Crippen LogP contribution in [0.5, 0.6) is 0 Å². The number of rotatable bonds is 8. The van der Waals surface area contributed by atoms with Gasteiger partial charge in [0, 0.05) is 25.4 Å². The van der Waals surface area contributed by atoms with Crippen LogP contribution in [-0.2, 0) is 9.53 Å². The van der Waals surface area contributed by atoms with Gasteiger partial charge in [-0.05, 0) is 33.6 Å². The Balaban J connectivity index is 3.41. The summed E-state index contributed by atoms with van der Waals surface area (Å²) in [5.74, 6) is 0.465. The number of alkyl halides is 1. The van der Waals surface area contributed by atoms with Crippen molar-refractivity contribution in [2.75, 3.05) is 19.0 Å². The lowest BCUT2D eigenvalue weighted by molar-refractivity contribution is -0.121. The standard InChI is InChI=1S/C13H25ClN2O3/c1-13(2,3)19-12(18)16-9-6-4-5-7-11(17)15-10-8-14/h4-10H2,1-3H3,(H,15,17)(H,16,18). The van der Waals surface area contributed by atoms with Gasteiger partial charge in [-0.1, -0.05) is 6.42 Å². The second kappa shape index (κ2) is 9.89. The molecule has 0 fully saturated rings. The number of carbonyl (C=O) groups is 2. The third-order valence-electron chi connectivity index (χ3n) is 2.17. The van der Waals surface area contributed by atoms with Gasteiger partial charge in [0.05, 0.1) is 0 Å². The molecule has 0 aromatic heterocycles. The molecule has 5 nitrogen and oxygen atoms in total. The molecule has 0 atom stereocenters. The Morgan fingerprint density at radius 2 is 1.74 bits per heavy atom. The molecule has 2 N–H and O–H groups in total. The fourth-order valence-electron chi connectivity index (χ4n) is 1.37. The number of halogens is 1. The van der Waals surface area contributed by atoms with E-state index >= 15 is 0 Å². The number of alkyl carbamates (subject to hydrolysis) is 1. The highest BCUT2D eigenvalue weighted by Crippen LogP contribution is 2.06. The molecule has 0 radical (unpaired) electrons. The van der Waals surface area contributed by atoms with Crippen LogP contribution in [0.25, 0.3) is 0 Å². The average molecular weight is 293 g/mol. The first-order valence-corrected chi connectivity index (χ1v) is 7.18. The molecule has 0 aliphatic carbocycles. The predicted octanol–water partition coefficient (Wildman–Crippen LogP) is 2.43. The van der Waals surface area contributed by atoms with Crippen molar-refractivity contribution in [1.29, 1.82) is 0 Å². The molecule has 2 amide bonds. The lowest BCUT2D eigenvalue weighted by Crippen LogP contribution is -2.33. The van der Waals surface area contributed by atoms with Crippen molar-refractivity contribution in [2.45, 2.75) is 52.1 Å². The summed E-state index contributed by atoms with van der Waals surface area (Å²) in [7, 11) is 0. The van der Waals surface area contributed by atoms with Crippen molar-refractivity contribution in [2.24, 2.45) is 0 Å². The maximum absolute atomic E-state index is 11.3. The molecule has 0 unspecified atom stereocenters. The molecule has 0 aromatic rings. The zero-order valence-corrected chi connectivity index (χ0v) is 12.8.